The molecule has 0 heterocycles. The highest BCUT2D eigenvalue weighted by Crippen LogP contribution is 2.24. The number of likely N-dealkylation sites (N-methyl/N-ethyl adjacent to an activating group) is 1. The Kier molecular flexibility index (Phi) is 12.4. The first kappa shape index (κ1) is 30.0. The molecule has 1 aromatic rings. The van der Waals surface area contributed by atoms with Crippen molar-refractivity contribution in [2.75, 3.05) is 13.1 Å². The SMILES string of the molecule is C#Cc1ccc(C(C(=O)NCCCCC)N(CC)C(=O)C(CC(C)C)NC(=O)OC(C)(C)C)cc1. The Morgan fingerprint density at radius 3 is 2.20 bits per heavy atom. The highest BCUT2D eigenvalue weighted by atomic mass is 16.6. The third kappa shape index (κ3) is 10.4. The molecule has 0 aliphatic heterocycles. The first-order valence-corrected chi connectivity index (χ1v) is 12.6. The topological polar surface area (TPSA) is 87.7 Å². The number of ether oxygens (including phenoxy) is 1. The molecule has 2 unspecified atom stereocenters. The summed E-state index contributed by atoms with van der Waals surface area (Å²) in [5, 5.41) is 5.71. The fraction of sp³-hybridized carbons (Fsp3) is 0.607. The van der Waals surface area contributed by atoms with Crippen molar-refractivity contribution in [1.29, 1.82) is 0 Å². The van der Waals surface area contributed by atoms with E-state index in [0.717, 1.165) is 19.3 Å². The molecule has 0 aliphatic carbocycles. The molecular formula is C28H43N3O4. The summed E-state index contributed by atoms with van der Waals surface area (Å²) in [6.07, 6.45) is 8.16. The average molecular weight is 486 g/mol. The van der Waals surface area contributed by atoms with Gasteiger partial charge >= 0.3 is 6.09 Å². The quantitative estimate of drug-likeness (QED) is 0.329. The largest absolute Gasteiger partial charge is 0.444 e. The van der Waals surface area contributed by atoms with Crippen LogP contribution in [0.3, 0.4) is 0 Å². The second-order valence-electron chi connectivity index (χ2n) is 10.1. The fourth-order valence-electron chi connectivity index (χ4n) is 3.73. The lowest BCUT2D eigenvalue weighted by atomic mass is 9.98. The molecule has 0 bridgehead atoms. The Labute approximate surface area is 211 Å². The standard InChI is InChI=1S/C28H43N3O4/c1-9-12-13-18-29-25(32)24(22-16-14-21(10-2)15-17-22)31(11-3)26(33)23(19-20(4)5)30-27(34)35-28(6,7)8/h2,14-17,20,23-24H,9,11-13,18-19H2,1,3-8H3,(H,29,32)(H,30,34). The maximum atomic E-state index is 13.8. The zero-order valence-corrected chi connectivity index (χ0v) is 22.4. The van der Waals surface area contributed by atoms with Crippen molar-refractivity contribution in [2.45, 2.75) is 91.8 Å². The lowest BCUT2D eigenvalue weighted by molar-refractivity contribution is -0.142. The monoisotopic (exact) mass is 485 g/mol. The van der Waals surface area contributed by atoms with Gasteiger partial charge in [0.1, 0.15) is 17.7 Å². The van der Waals surface area contributed by atoms with E-state index < -0.39 is 23.8 Å². The van der Waals surface area contributed by atoms with Crippen molar-refractivity contribution in [3.8, 4) is 12.3 Å². The summed E-state index contributed by atoms with van der Waals surface area (Å²) >= 11 is 0. The van der Waals surface area contributed by atoms with Gasteiger partial charge in [0, 0.05) is 18.7 Å². The highest BCUT2D eigenvalue weighted by molar-refractivity contribution is 5.92. The van der Waals surface area contributed by atoms with Crippen LogP contribution < -0.4 is 10.6 Å². The first-order valence-electron chi connectivity index (χ1n) is 12.6. The van der Waals surface area contributed by atoms with Gasteiger partial charge in [-0.3, -0.25) is 9.59 Å². The molecule has 0 fully saturated rings. The van der Waals surface area contributed by atoms with E-state index in [1.54, 1.807) is 45.0 Å². The second kappa shape index (κ2) is 14.4. The smallest absolute Gasteiger partial charge is 0.408 e. The summed E-state index contributed by atoms with van der Waals surface area (Å²) in [6.45, 7) is 14.0. The molecule has 0 aliphatic rings. The van der Waals surface area contributed by atoms with E-state index in [-0.39, 0.29) is 24.3 Å². The van der Waals surface area contributed by atoms with Gasteiger partial charge in [-0.25, -0.2) is 4.79 Å². The molecule has 2 atom stereocenters. The zero-order valence-electron chi connectivity index (χ0n) is 22.4. The molecule has 1 rings (SSSR count). The summed E-state index contributed by atoms with van der Waals surface area (Å²) in [6, 6.07) is 5.40. The number of alkyl carbamates (subject to hydrolysis) is 1. The second-order valence-corrected chi connectivity index (χ2v) is 10.1. The van der Waals surface area contributed by atoms with Crippen LogP contribution in [0.15, 0.2) is 24.3 Å². The molecule has 7 heteroatoms. The number of hydrogen-bond acceptors (Lipinski definition) is 4. The number of rotatable bonds is 12. The van der Waals surface area contributed by atoms with Crippen LogP contribution in [0.2, 0.25) is 0 Å². The van der Waals surface area contributed by atoms with Gasteiger partial charge < -0.3 is 20.3 Å². The van der Waals surface area contributed by atoms with Crippen LogP contribution in [-0.4, -0.2) is 47.5 Å². The van der Waals surface area contributed by atoms with E-state index in [2.05, 4.69) is 23.5 Å². The van der Waals surface area contributed by atoms with Gasteiger partial charge in [-0.1, -0.05) is 51.7 Å². The summed E-state index contributed by atoms with van der Waals surface area (Å²) in [5.74, 6) is 2.12. The molecule has 35 heavy (non-hydrogen) atoms. The van der Waals surface area contributed by atoms with E-state index in [1.807, 2.05) is 20.8 Å². The van der Waals surface area contributed by atoms with Gasteiger partial charge in [0.15, 0.2) is 0 Å². The number of carbonyl (C=O) groups excluding carboxylic acids is 3. The fourth-order valence-corrected chi connectivity index (χ4v) is 3.73. The number of nitrogens with zero attached hydrogens (tertiary/aromatic N) is 1. The minimum atomic E-state index is -0.851. The van der Waals surface area contributed by atoms with Crippen molar-refractivity contribution in [3.05, 3.63) is 35.4 Å². The minimum Gasteiger partial charge on any atom is -0.444 e. The van der Waals surface area contributed by atoms with Gasteiger partial charge in [0.05, 0.1) is 0 Å². The molecule has 0 saturated heterocycles. The molecule has 194 valence electrons. The predicted molar refractivity (Wildman–Crippen MR) is 140 cm³/mol. The van der Waals surface area contributed by atoms with Crippen molar-refractivity contribution in [3.63, 3.8) is 0 Å². The van der Waals surface area contributed by atoms with Crippen LogP contribution in [0.25, 0.3) is 0 Å². The van der Waals surface area contributed by atoms with Gasteiger partial charge in [0.2, 0.25) is 11.8 Å². The van der Waals surface area contributed by atoms with E-state index in [9.17, 15) is 14.4 Å². The van der Waals surface area contributed by atoms with E-state index >= 15 is 0 Å². The van der Waals surface area contributed by atoms with Gasteiger partial charge in [-0.2, -0.15) is 0 Å². The molecule has 0 saturated carbocycles. The number of terminal acetylenes is 1. The lowest BCUT2D eigenvalue weighted by Crippen LogP contribution is -2.53. The van der Waals surface area contributed by atoms with Gasteiger partial charge in [-0.15, -0.1) is 6.42 Å². The third-order valence-corrected chi connectivity index (χ3v) is 5.35. The number of hydrogen-bond donors (Lipinski definition) is 2. The van der Waals surface area contributed by atoms with Crippen LogP contribution >= 0.6 is 0 Å². The van der Waals surface area contributed by atoms with Crippen molar-refractivity contribution < 1.29 is 19.1 Å². The summed E-state index contributed by atoms with van der Waals surface area (Å²) in [4.78, 5) is 41.2. The summed E-state index contributed by atoms with van der Waals surface area (Å²) in [7, 11) is 0. The summed E-state index contributed by atoms with van der Waals surface area (Å²) in [5.41, 5.74) is 0.655. The Balaban J connectivity index is 3.30. The van der Waals surface area contributed by atoms with Gasteiger partial charge in [0.25, 0.3) is 0 Å². The first-order chi connectivity index (χ1) is 16.4. The Hall–Kier alpha value is -3.01. The summed E-state index contributed by atoms with van der Waals surface area (Å²) < 4.78 is 5.39. The highest BCUT2D eigenvalue weighted by Gasteiger charge is 2.35. The number of carbonyl (C=O) groups is 3. The number of amides is 3. The van der Waals surface area contributed by atoms with Gasteiger partial charge in [-0.05, 0) is 64.2 Å². The third-order valence-electron chi connectivity index (χ3n) is 5.35. The maximum Gasteiger partial charge on any atom is 0.408 e. The van der Waals surface area contributed by atoms with Crippen LogP contribution in [0.4, 0.5) is 4.79 Å². The molecule has 0 radical (unpaired) electrons. The van der Waals surface area contributed by atoms with E-state index in [1.165, 1.54) is 4.90 Å². The molecule has 1 aromatic carbocycles. The van der Waals surface area contributed by atoms with Crippen LogP contribution in [0.1, 0.15) is 91.3 Å². The Morgan fingerprint density at radius 1 is 1.09 bits per heavy atom. The normalized spacial score (nSPS) is 12.9. The maximum absolute atomic E-state index is 13.8. The Bertz CT molecular complexity index is 866. The number of nitrogens with one attached hydrogen (secondary N) is 2. The van der Waals surface area contributed by atoms with E-state index in [0.29, 0.717) is 24.1 Å². The zero-order chi connectivity index (χ0) is 26.6. The molecule has 2 N–H and O–H groups in total. The van der Waals surface area contributed by atoms with Crippen LogP contribution in [0, 0.1) is 18.3 Å². The minimum absolute atomic E-state index is 0.133. The van der Waals surface area contributed by atoms with Crippen LogP contribution in [-0.2, 0) is 14.3 Å². The lowest BCUT2D eigenvalue weighted by Gasteiger charge is -2.34. The predicted octanol–water partition coefficient (Wildman–Crippen LogP) is 4.80. The molecular weight excluding hydrogens is 442 g/mol. The van der Waals surface area contributed by atoms with Crippen LogP contribution in [0.5, 0.6) is 0 Å². The molecule has 3 amide bonds. The van der Waals surface area contributed by atoms with Crippen molar-refractivity contribution >= 4 is 17.9 Å². The molecule has 7 nitrogen and oxygen atoms in total. The Morgan fingerprint density at radius 2 is 1.71 bits per heavy atom. The van der Waals surface area contributed by atoms with Crippen molar-refractivity contribution in [1.82, 2.24) is 15.5 Å². The average Bonchev–Trinajstić information content (AvgIpc) is 2.77. The molecule has 0 spiro atoms. The molecule has 0 aromatic heterocycles. The van der Waals surface area contributed by atoms with E-state index in [4.69, 9.17) is 11.2 Å². The van der Waals surface area contributed by atoms with Crippen molar-refractivity contribution in [2.24, 2.45) is 5.92 Å². The number of benzene rings is 1. The number of unbranched alkanes of at least 4 members (excludes halogenated alkanes) is 2.